The van der Waals surface area contributed by atoms with Crippen molar-refractivity contribution in [1.29, 1.82) is 0 Å². The first kappa shape index (κ1) is 35.1. The lowest BCUT2D eigenvalue weighted by Gasteiger charge is -2.27. The van der Waals surface area contributed by atoms with Gasteiger partial charge in [-0.05, 0) is 111 Å². The van der Waals surface area contributed by atoms with Crippen LogP contribution in [0.1, 0.15) is 37.5 Å². The molecule has 0 aliphatic rings. The second-order valence-corrected chi connectivity index (χ2v) is 13.6. The summed E-state index contributed by atoms with van der Waals surface area (Å²) in [5, 5.41) is 7.28. The molecular formula is C49H44NP. The number of hydrogen-bond acceptors (Lipinski definition) is 1. The van der Waals surface area contributed by atoms with E-state index in [2.05, 4.69) is 203 Å². The Morgan fingerprint density at radius 2 is 1.16 bits per heavy atom. The van der Waals surface area contributed by atoms with Gasteiger partial charge in [-0.25, -0.2) is 0 Å². The predicted molar refractivity (Wildman–Crippen MR) is 231 cm³/mol. The summed E-state index contributed by atoms with van der Waals surface area (Å²) in [7, 11) is 0.575. The SMILES string of the molecule is C=Cc1c(C=C)c(-c2ccc(N(c3ccccc3)c3cccc4ccccc34)cc2)c2ccccc2c1C(=C)/C=C\C(=C/C)PC(/C=C\C)=C/C. The minimum atomic E-state index is 0.575. The molecule has 1 atom stereocenters. The molecule has 2 heteroatoms. The molecule has 0 aliphatic heterocycles. The Morgan fingerprint density at radius 3 is 1.82 bits per heavy atom. The lowest BCUT2D eigenvalue weighted by atomic mass is 9.83. The van der Waals surface area contributed by atoms with Crippen molar-refractivity contribution in [2.75, 3.05) is 4.90 Å². The summed E-state index contributed by atoms with van der Waals surface area (Å²) in [6.45, 7) is 19.4. The van der Waals surface area contributed by atoms with Gasteiger partial charge in [0.05, 0.1) is 5.69 Å². The van der Waals surface area contributed by atoms with E-state index in [4.69, 9.17) is 0 Å². The van der Waals surface area contributed by atoms with Gasteiger partial charge in [-0.15, -0.1) is 0 Å². The van der Waals surface area contributed by atoms with Gasteiger partial charge in [0.15, 0.2) is 0 Å². The van der Waals surface area contributed by atoms with Crippen molar-refractivity contribution in [3.8, 4) is 11.1 Å². The number of rotatable bonds is 12. The molecule has 0 amide bonds. The Bertz CT molecular complexity index is 2350. The topological polar surface area (TPSA) is 3.24 Å². The molecule has 0 spiro atoms. The molecule has 0 fully saturated rings. The highest BCUT2D eigenvalue weighted by atomic mass is 31.1. The van der Waals surface area contributed by atoms with Crippen LogP contribution >= 0.6 is 8.58 Å². The molecule has 0 aliphatic carbocycles. The van der Waals surface area contributed by atoms with Gasteiger partial charge in [0, 0.05) is 16.8 Å². The molecule has 6 aromatic rings. The number of allylic oxidation sites excluding steroid dienone is 9. The minimum Gasteiger partial charge on any atom is -0.310 e. The van der Waals surface area contributed by atoms with E-state index >= 15 is 0 Å². The van der Waals surface area contributed by atoms with Gasteiger partial charge in [0.2, 0.25) is 0 Å². The molecule has 0 heterocycles. The minimum absolute atomic E-state index is 0.575. The summed E-state index contributed by atoms with van der Waals surface area (Å²) >= 11 is 0. The van der Waals surface area contributed by atoms with Crippen molar-refractivity contribution in [1.82, 2.24) is 0 Å². The fraction of sp³-hybridized carbons (Fsp3) is 0.0612. The molecule has 6 rings (SSSR count). The Hall–Kier alpha value is -5.75. The fourth-order valence-corrected chi connectivity index (χ4v) is 7.82. The van der Waals surface area contributed by atoms with Gasteiger partial charge in [0.25, 0.3) is 0 Å². The fourth-order valence-electron chi connectivity index (χ4n) is 6.78. The number of anilines is 3. The second kappa shape index (κ2) is 16.3. The van der Waals surface area contributed by atoms with Crippen LogP contribution in [0.2, 0.25) is 0 Å². The maximum absolute atomic E-state index is 4.59. The molecular weight excluding hydrogens is 634 g/mol. The summed E-state index contributed by atoms with van der Waals surface area (Å²) in [4.78, 5) is 2.34. The summed E-state index contributed by atoms with van der Waals surface area (Å²) in [6, 6.07) is 43.2. The summed E-state index contributed by atoms with van der Waals surface area (Å²) in [5.74, 6) is 0. The number of para-hydroxylation sites is 1. The third-order valence-electron chi connectivity index (χ3n) is 9.18. The molecule has 0 saturated carbocycles. The van der Waals surface area contributed by atoms with Gasteiger partial charge in [-0.1, -0.05) is 168 Å². The van der Waals surface area contributed by atoms with Gasteiger partial charge < -0.3 is 4.90 Å². The van der Waals surface area contributed by atoms with Crippen LogP contribution in [-0.4, -0.2) is 0 Å². The summed E-state index contributed by atoms with van der Waals surface area (Å²) < 4.78 is 0. The van der Waals surface area contributed by atoms with E-state index in [1.54, 1.807) is 0 Å². The van der Waals surface area contributed by atoms with E-state index in [-0.39, 0.29) is 0 Å². The van der Waals surface area contributed by atoms with E-state index in [9.17, 15) is 0 Å². The molecule has 6 aromatic carbocycles. The third kappa shape index (κ3) is 7.27. The van der Waals surface area contributed by atoms with Crippen molar-refractivity contribution in [2.24, 2.45) is 0 Å². The summed E-state index contributed by atoms with van der Waals surface area (Å²) in [6.07, 6.45) is 16.9. The molecule has 250 valence electrons. The Balaban J connectivity index is 1.46. The highest BCUT2D eigenvalue weighted by molar-refractivity contribution is 7.48. The van der Waals surface area contributed by atoms with Gasteiger partial charge in [-0.3, -0.25) is 0 Å². The van der Waals surface area contributed by atoms with Crippen LogP contribution in [0.25, 0.3) is 50.4 Å². The van der Waals surface area contributed by atoms with E-state index in [0.29, 0.717) is 8.58 Å². The first-order chi connectivity index (χ1) is 25.0. The average molecular weight is 678 g/mol. The lowest BCUT2D eigenvalue weighted by molar-refractivity contribution is 1.30. The largest absolute Gasteiger partial charge is 0.310 e. The Morgan fingerprint density at radius 1 is 0.569 bits per heavy atom. The standard InChI is InChI=1S/C49H44NP/c1-7-20-40(8-2)51-41(9-3)34-29-35(6)48-42(10-4)43(11-5)49(46-27-18-17-26-45(46)48)37-30-32-39(33-31-37)50(38-23-13-12-14-24-38)47-28-19-22-36-21-15-16-25-44(36)47/h7-34,51H,4-6H2,1-3H3/b20-7-,34-29-,40-8+,41-9+. The molecule has 0 bridgehead atoms. The third-order valence-corrected chi connectivity index (χ3v) is 10.7. The van der Waals surface area contributed by atoms with Gasteiger partial charge in [-0.2, -0.15) is 0 Å². The van der Waals surface area contributed by atoms with Crippen molar-refractivity contribution in [3.63, 3.8) is 0 Å². The normalized spacial score (nSPS) is 12.5. The van der Waals surface area contributed by atoms with Crippen molar-refractivity contribution in [2.45, 2.75) is 20.8 Å². The molecule has 1 unspecified atom stereocenters. The Kier molecular flexibility index (Phi) is 11.2. The summed E-state index contributed by atoms with van der Waals surface area (Å²) in [5.41, 5.74) is 9.69. The average Bonchev–Trinajstić information content (AvgIpc) is 3.18. The number of benzene rings is 6. The van der Waals surface area contributed by atoms with Crippen LogP contribution < -0.4 is 4.90 Å². The van der Waals surface area contributed by atoms with Crippen molar-refractivity contribution in [3.05, 3.63) is 205 Å². The Labute approximate surface area is 305 Å². The maximum atomic E-state index is 4.59. The van der Waals surface area contributed by atoms with E-state index < -0.39 is 0 Å². The van der Waals surface area contributed by atoms with E-state index in [1.165, 1.54) is 21.4 Å². The molecule has 0 saturated heterocycles. The number of fused-ring (bicyclic) bond motifs is 2. The van der Waals surface area contributed by atoms with E-state index in [1.807, 2.05) is 12.2 Å². The number of hydrogen-bond donors (Lipinski definition) is 0. The maximum Gasteiger partial charge on any atom is 0.0540 e. The van der Waals surface area contributed by atoms with Crippen molar-refractivity contribution >= 4 is 64.9 Å². The van der Waals surface area contributed by atoms with Crippen LogP contribution in [0.15, 0.2) is 188 Å². The molecule has 1 nitrogen and oxygen atoms in total. The monoisotopic (exact) mass is 677 g/mol. The van der Waals surface area contributed by atoms with E-state index in [0.717, 1.165) is 61.2 Å². The predicted octanol–water partition coefficient (Wildman–Crippen LogP) is 15.0. The zero-order valence-electron chi connectivity index (χ0n) is 29.7. The van der Waals surface area contributed by atoms with Gasteiger partial charge >= 0.3 is 0 Å². The zero-order valence-corrected chi connectivity index (χ0v) is 30.7. The lowest BCUT2D eigenvalue weighted by Crippen LogP contribution is -2.10. The number of nitrogens with zero attached hydrogens (tertiary/aromatic N) is 1. The second-order valence-electron chi connectivity index (χ2n) is 12.2. The first-order valence-electron chi connectivity index (χ1n) is 17.4. The first-order valence-corrected chi connectivity index (χ1v) is 18.4. The quantitative estimate of drug-likeness (QED) is 0.0920. The van der Waals surface area contributed by atoms with Crippen LogP contribution in [0, 0.1) is 0 Å². The van der Waals surface area contributed by atoms with Crippen LogP contribution in [0.5, 0.6) is 0 Å². The smallest absolute Gasteiger partial charge is 0.0540 e. The zero-order chi connectivity index (χ0) is 35.7. The van der Waals surface area contributed by atoms with Crippen LogP contribution in [0.3, 0.4) is 0 Å². The van der Waals surface area contributed by atoms with Crippen molar-refractivity contribution < 1.29 is 0 Å². The highest BCUT2D eigenvalue weighted by Gasteiger charge is 2.20. The highest BCUT2D eigenvalue weighted by Crippen LogP contribution is 2.44. The molecule has 0 aromatic heterocycles. The van der Waals surface area contributed by atoms with Gasteiger partial charge in [0.1, 0.15) is 0 Å². The van der Waals surface area contributed by atoms with Crippen LogP contribution in [-0.2, 0) is 0 Å². The van der Waals surface area contributed by atoms with Crippen LogP contribution in [0.4, 0.5) is 17.1 Å². The molecule has 0 N–H and O–H groups in total. The molecule has 51 heavy (non-hydrogen) atoms. The molecule has 0 radical (unpaired) electrons.